The third-order valence-electron chi connectivity index (χ3n) is 4.79. The number of carbonyl (C=O) groups excluding carboxylic acids is 2. The molecule has 0 bridgehead atoms. The van der Waals surface area contributed by atoms with Gasteiger partial charge in [-0.3, -0.25) is 4.79 Å². The number of benzene rings is 1. The summed E-state index contributed by atoms with van der Waals surface area (Å²) < 4.78 is 5.11. The standard InChI is InChI=1S/C22H26N4O3/c1-3-29-22(28)18-14-17(21(27)26-12-8-5-9-13-26)19(15(2)23)20(25-18)24-16-10-6-4-7-11-16/h4,6-7,10-11,14,23H,3,5,8-9,12-13H2,1-2H3,(H,24,25). The lowest BCUT2D eigenvalue weighted by Crippen LogP contribution is -2.36. The summed E-state index contributed by atoms with van der Waals surface area (Å²) in [4.78, 5) is 31.9. The molecule has 29 heavy (non-hydrogen) atoms. The first-order valence-corrected chi connectivity index (χ1v) is 9.90. The molecule has 3 rings (SSSR count). The Morgan fingerprint density at radius 2 is 1.86 bits per heavy atom. The van der Waals surface area contributed by atoms with Crippen LogP contribution in [-0.2, 0) is 4.74 Å². The van der Waals surface area contributed by atoms with E-state index in [1.54, 1.807) is 18.7 Å². The van der Waals surface area contributed by atoms with Crippen molar-refractivity contribution in [2.24, 2.45) is 0 Å². The van der Waals surface area contributed by atoms with Crippen LogP contribution in [0.15, 0.2) is 36.4 Å². The van der Waals surface area contributed by atoms with Crippen LogP contribution in [0, 0.1) is 5.41 Å². The second-order valence-electron chi connectivity index (χ2n) is 6.97. The van der Waals surface area contributed by atoms with Crippen molar-refractivity contribution in [3.63, 3.8) is 0 Å². The second kappa shape index (κ2) is 9.32. The first-order chi connectivity index (χ1) is 14.0. The SMILES string of the molecule is CCOC(=O)c1cc(C(=O)N2CCCCC2)c(C(C)=N)c(Nc2ccccc2)n1. The van der Waals surface area contributed by atoms with Gasteiger partial charge in [0.05, 0.1) is 17.7 Å². The van der Waals surface area contributed by atoms with E-state index in [9.17, 15) is 9.59 Å². The minimum atomic E-state index is -0.592. The minimum Gasteiger partial charge on any atom is -0.461 e. The number of nitrogens with one attached hydrogen (secondary N) is 2. The van der Waals surface area contributed by atoms with Gasteiger partial charge in [0.1, 0.15) is 5.82 Å². The summed E-state index contributed by atoms with van der Waals surface area (Å²) in [6.45, 7) is 4.89. The maximum absolute atomic E-state index is 13.3. The maximum atomic E-state index is 13.3. The number of pyridine rings is 1. The number of piperidine rings is 1. The number of hydrogen-bond acceptors (Lipinski definition) is 6. The summed E-state index contributed by atoms with van der Waals surface area (Å²) >= 11 is 0. The Hall–Kier alpha value is -3.22. The summed E-state index contributed by atoms with van der Waals surface area (Å²) in [6.07, 6.45) is 3.01. The smallest absolute Gasteiger partial charge is 0.357 e. The van der Waals surface area contributed by atoms with Gasteiger partial charge in [0.25, 0.3) is 5.91 Å². The highest BCUT2D eigenvalue weighted by atomic mass is 16.5. The molecule has 0 unspecified atom stereocenters. The van der Waals surface area contributed by atoms with Crippen molar-refractivity contribution in [1.29, 1.82) is 5.41 Å². The summed E-state index contributed by atoms with van der Waals surface area (Å²) in [5.41, 5.74) is 1.70. The quantitative estimate of drug-likeness (QED) is 0.570. The zero-order valence-electron chi connectivity index (χ0n) is 16.8. The predicted molar refractivity (Wildman–Crippen MR) is 112 cm³/mol. The Morgan fingerprint density at radius 1 is 1.17 bits per heavy atom. The number of aromatic nitrogens is 1. The van der Waals surface area contributed by atoms with Gasteiger partial charge >= 0.3 is 5.97 Å². The van der Waals surface area contributed by atoms with Gasteiger partial charge in [0, 0.05) is 24.5 Å². The molecule has 1 fully saturated rings. The van der Waals surface area contributed by atoms with Crippen LogP contribution < -0.4 is 5.32 Å². The Bertz CT molecular complexity index is 906. The number of esters is 1. The summed E-state index contributed by atoms with van der Waals surface area (Å²) in [6, 6.07) is 10.8. The molecule has 2 heterocycles. The highest BCUT2D eigenvalue weighted by Gasteiger charge is 2.27. The van der Waals surface area contributed by atoms with Crippen LogP contribution in [0.2, 0.25) is 0 Å². The van der Waals surface area contributed by atoms with E-state index in [1.807, 2.05) is 30.3 Å². The molecule has 2 aromatic rings. The first kappa shape index (κ1) is 20.5. The largest absolute Gasteiger partial charge is 0.461 e. The van der Waals surface area contributed by atoms with Crippen molar-refractivity contribution in [1.82, 2.24) is 9.88 Å². The third kappa shape index (κ3) is 4.80. The van der Waals surface area contributed by atoms with E-state index in [1.165, 1.54) is 6.07 Å². The van der Waals surface area contributed by atoms with Gasteiger partial charge in [0.2, 0.25) is 0 Å². The van der Waals surface area contributed by atoms with Crippen LogP contribution in [-0.4, -0.2) is 47.2 Å². The Morgan fingerprint density at radius 3 is 2.48 bits per heavy atom. The van der Waals surface area contributed by atoms with Crippen LogP contribution in [0.3, 0.4) is 0 Å². The molecule has 0 radical (unpaired) electrons. The number of ether oxygens (including phenoxy) is 1. The Kier molecular flexibility index (Phi) is 6.59. The molecule has 1 aromatic heterocycles. The number of amides is 1. The van der Waals surface area contributed by atoms with Crippen LogP contribution in [0.4, 0.5) is 11.5 Å². The lowest BCUT2D eigenvalue weighted by Gasteiger charge is -2.28. The third-order valence-corrected chi connectivity index (χ3v) is 4.79. The van der Waals surface area contributed by atoms with E-state index in [2.05, 4.69) is 10.3 Å². The molecule has 0 saturated carbocycles. The molecule has 0 atom stereocenters. The number of para-hydroxylation sites is 1. The lowest BCUT2D eigenvalue weighted by molar-refractivity contribution is 0.0519. The van der Waals surface area contributed by atoms with E-state index in [-0.39, 0.29) is 23.9 Å². The molecule has 1 aliphatic heterocycles. The van der Waals surface area contributed by atoms with E-state index >= 15 is 0 Å². The Labute approximate surface area is 170 Å². The first-order valence-electron chi connectivity index (χ1n) is 9.90. The van der Waals surface area contributed by atoms with Crippen molar-refractivity contribution < 1.29 is 14.3 Å². The van der Waals surface area contributed by atoms with Gasteiger partial charge < -0.3 is 20.4 Å². The fraction of sp³-hybridized carbons (Fsp3) is 0.364. The van der Waals surface area contributed by atoms with Crippen molar-refractivity contribution in [2.75, 3.05) is 25.0 Å². The second-order valence-corrected chi connectivity index (χ2v) is 6.97. The van der Waals surface area contributed by atoms with Crippen LogP contribution in [0.5, 0.6) is 0 Å². The highest BCUT2D eigenvalue weighted by Crippen LogP contribution is 2.26. The average molecular weight is 394 g/mol. The molecule has 1 aliphatic rings. The summed E-state index contributed by atoms with van der Waals surface area (Å²) in [7, 11) is 0. The van der Waals surface area contributed by atoms with Crippen molar-refractivity contribution >= 4 is 29.1 Å². The predicted octanol–water partition coefficient (Wildman–Crippen LogP) is 4.02. The van der Waals surface area contributed by atoms with Gasteiger partial charge in [0.15, 0.2) is 5.69 Å². The van der Waals surface area contributed by atoms with Crippen molar-refractivity contribution in [3.05, 3.63) is 53.2 Å². The zero-order chi connectivity index (χ0) is 20.8. The van der Waals surface area contributed by atoms with Gasteiger partial charge in [-0.05, 0) is 51.3 Å². The molecule has 7 heteroatoms. The molecule has 1 saturated heterocycles. The van der Waals surface area contributed by atoms with Gasteiger partial charge in [-0.2, -0.15) is 0 Å². The maximum Gasteiger partial charge on any atom is 0.357 e. The number of rotatable bonds is 6. The number of hydrogen-bond donors (Lipinski definition) is 2. The van der Waals surface area contributed by atoms with Gasteiger partial charge in [-0.25, -0.2) is 9.78 Å². The molecule has 0 spiro atoms. The summed E-state index contributed by atoms with van der Waals surface area (Å²) in [5, 5.41) is 11.4. The summed E-state index contributed by atoms with van der Waals surface area (Å²) in [5.74, 6) is -0.476. The highest BCUT2D eigenvalue weighted by molar-refractivity contribution is 6.12. The average Bonchev–Trinajstić information content (AvgIpc) is 2.74. The normalized spacial score (nSPS) is 13.7. The van der Waals surface area contributed by atoms with Crippen LogP contribution in [0.25, 0.3) is 0 Å². The van der Waals surface area contributed by atoms with E-state index in [0.717, 1.165) is 24.9 Å². The van der Waals surface area contributed by atoms with Crippen LogP contribution >= 0.6 is 0 Å². The monoisotopic (exact) mass is 394 g/mol. The van der Waals surface area contributed by atoms with Crippen molar-refractivity contribution in [3.8, 4) is 0 Å². The molecular formula is C22H26N4O3. The molecule has 2 N–H and O–H groups in total. The molecule has 1 amide bonds. The van der Waals surface area contributed by atoms with Gasteiger partial charge in [-0.15, -0.1) is 0 Å². The fourth-order valence-corrected chi connectivity index (χ4v) is 3.42. The topological polar surface area (TPSA) is 95.4 Å². The molecule has 0 aliphatic carbocycles. The Balaban J connectivity index is 2.11. The van der Waals surface area contributed by atoms with Gasteiger partial charge in [-0.1, -0.05) is 18.2 Å². The number of nitrogens with zero attached hydrogens (tertiary/aromatic N) is 2. The molecule has 1 aromatic carbocycles. The van der Waals surface area contributed by atoms with Crippen LogP contribution in [0.1, 0.15) is 59.5 Å². The van der Waals surface area contributed by atoms with E-state index < -0.39 is 5.97 Å². The minimum absolute atomic E-state index is 0.0515. The molecule has 7 nitrogen and oxygen atoms in total. The van der Waals surface area contributed by atoms with E-state index in [0.29, 0.717) is 30.0 Å². The molecule has 152 valence electrons. The number of anilines is 2. The van der Waals surface area contributed by atoms with Crippen molar-refractivity contribution in [2.45, 2.75) is 33.1 Å². The lowest BCUT2D eigenvalue weighted by atomic mass is 10.0. The molecular weight excluding hydrogens is 368 g/mol. The van der Waals surface area contributed by atoms with E-state index in [4.69, 9.17) is 10.1 Å². The zero-order valence-corrected chi connectivity index (χ0v) is 16.8. The number of likely N-dealkylation sites (tertiary alicyclic amines) is 1. The number of carbonyl (C=O) groups is 2. The fourth-order valence-electron chi connectivity index (χ4n) is 3.42.